The number of amides is 1. The zero-order valence-corrected chi connectivity index (χ0v) is 17.8. The van der Waals surface area contributed by atoms with Crippen LogP contribution in [0.5, 0.6) is 0 Å². The molecule has 0 spiro atoms. The van der Waals surface area contributed by atoms with Gasteiger partial charge in [-0.2, -0.15) is 0 Å². The maximum atomic E-state index is 12.3. The first-order valence-electron chi connectivity index (χ1n) is 8.64. The van der Waals surface area contributed by atoms with Gasteiger partial charge in [0.1, 0.15) is 0 Å². The highest BCUT2D eigenvalue weighted by atomic mass is 35.5. The van der Waals surface area contributed by atoms with Crippen molar-refractivity contribution in [2.45, 2.75) is 11.7 Å². The number of hydrogen-bond donors (Lipinski definition) is 2. The van der Waals surface area contributed by atoms with Crippen LogP contribution in [-0.4, -0.2) is 37.5 Å². The van der Waals surface area contributed by atoms with Crippen LogP contribution in [0.2, 0.25) is 10.0 Å². The van der Waals surface area contributed by atoms with Crippen LogP contribution in [0, 0.1) is 0 Å². The molecule has 2 aromatic carbocycles. The van der Waals surface area contributed by atoms with Crippen LogP contribution >= 0.6 is 35.0 Å². The van der Waals surface area contributed by atoms with Crippen molar-refractivity contribution in [3.05, 3.63) is 70.7 Å². The Hall–Kier alpha value is -2.81. The van der Waals surface area contributed by atoms with Gasteiger partial charge in [-0.05, 0) is 36.4 Å². The summed E-state index contributed by atoms with van der Waals surface area (Å²) in [5, 5.41) is 21.5. The van der Waals surface area contributed by atoms with E-state index in [1.165, 1.54) is 23.9 Å². The van der Waals surface area contributed by atoms with Crippen LogP contribution in [0.1, 0.15) is 10.4 Å². The fourth-order valence-electron chi connectivity index (χ4n) is 2.60. The summed E-state index contributed by atoms with van der Waals surface area (Å²) in [5.41, 5.74) is 1.24. The van der Waals surface area contributed by atoms with Crippen molar-refractivity contribution in [1.29, 1.82) is 0 Å². The van der Waals surface area contributed by atoms with E-state index in [4.69, 9.17) is 28.3 Å². The number of carboxylic acids is 1. The number of nitrogens with one attached hydrogen (secondary N) is 1. The topological polar surface area (TPSA) is 97.1 Å². The molecule has 0 saturated heterocycles. The molecule has 0 aliphatic carbocycles. The highest BCUT2D eigenvalue weighted by Crippen LogP contribution is 2.29. The molecular formula is C20H16Cl2N4O3S. The number of carboxylic acid groups (broad SMARTS) is 1. The summed E-state index contributed by atoms with van der Waals surface area (Å²) in [5.74, 6) is -0.723. The molecule has 1 heterocycles. The van der Waals surface area contributed by atoms with Crippen LogP contribution in [-0.2, 0) is 11.3 Å². The number of allylic oxidation sites excluding steroid dienone is 1. The Balaban J connectivity index is 1.73. The molecule has 0 unspecified atom stereocenters. The number of carbonyl (C=O) groups is 2. The van der Waals surface area contributed by atoms with Gasteiger partial charge in [-0.15, -0.1) is 16.8 Å². The van der Waals surface area contributed by atoms with Crippen molar-refractivity contribution in [3.63, 3.8) is 0 Å². The molecular weight excluding hydrogens is 447 g/mol. The molecule has 1 amide bonds. The molecule has 0 atom stereocenters. The maximum absolute atomic E-state index is 12.3. The Labute approximate surface area is 186 Å². The number of carbonyl (C=O) groups excluding carboxylic acids is 1. The normalized spacial score (nSPS) is 10.6. The van der Waals surface area contributed by atoms with Crippen LogP contribution in [0.25, 0.3) is 11.4 Å². The molecule has 30 heavy (non-hydrogen) atoms. The first-order chi connectivity index (χ1) is 14.4. The lowest BCUT2D eigenvalue weighted by atomic mass is 10.2. The fraction of sp³-hybridized carbons (Fsp3) is 0.100. The van der Waals surface area contributed by atoms with Gasteiger partial charge in [0.25, 0.3) is 0 Å². The minimum absolute atomic E-state index is 0.0634. The molecule has 0 aliphatic rings. The smallest absolute Gasteiger partial charge is 0.335 e. The predicted octanol–water partition coefficient (Wildman–Crippen LogP) is 4.87. The average Bonchev–Trinajstić information content (AvgIpc) is 3.11. The Morgan fingerprint density at radius 2 is 1.97 bits per heavy atom. The second kappa shape index (κ2) is 9.80. The van der Waals surface area contributed by atoms with Crippen LogP contribution < -0.4 is 5.32 Å². The summed E-state index contributed by atoms with van der Waals surface area (Å²) in [6.45, 7) is 4.19. The quantitative estimate of drug-likeness (QED) is 0.366. The summed E-state index contributed by atoms with van der Waals surface area (Å²) in [6, 6.07) is 11.2. The van der Waals surface area contributed by atoms with Crippen molar-refractivity contribution in [2.75, 3.05) is 11.1 Å². The van der Waals surface area contributed by atoms with E-state index in [1.54, 1.807) is 36.4 Å². The van der Waals surface area contributed by atoms with Gasteiger partial charge in [0.2, 0.25) is 5.91 Å². The number of aromatic carboxylic acids is 1. The van der Waals surface area contributed by atoms with Crippen molar-refractivity contribution in [3.8, 4) is 11.4 Å². The Kier molecular flexibility index (Phi) is 7.15. The number of hydrogen-bond acceptors (Lipinski definition) is 5. The summed E-state index contributed by atoms with van der Waals surface area (Å²) in [6.07, 6.45) is 1.70. The lowest BCUT2D eigenvalue weighted by Crippen LogP contribution is -2.15. The van der Waals surface area contributed by atoms with Gasteiger partial charge in [-0.3, -0.25) is 9.36 Å². The van der Waals surface area contributed by atoms with E-state index in [-0.39, 0.29) is 17.2 Å². The third-order valence-electron chi connectivity index (χ3n) is 3.93. The maximum Gasteiger partial charge on any atom is 0.335 e. The molecule has 154 valence electrons. The lowest BCUT2D eigenvalue weighted by molar-refractivity contribution is -0.113. The van der Waals surface area contributed by atoms with Gasteiger partial charge in [0, 0.05) is 17.8 Å². The number of anilines is 1. The highest BCUT2D eigenvalue weighted by molar-refractivity contribution is 7.99. The molecule has 2 N–H and O–H groups in total. The van der Waals surface area contributed by atoms with Crippen molar-refractivity contribution in [1.82, 2.24) is 14.8 Å². The lowest BCUT2D eigenvalue weighted by Gasteiger charge is -2.09. The van der Waals surface area contributed by atoms with E-state index in [2.05, 4.69) is 22.1 Å². The number of rotatable bonds is 8. The van der Waals surface area contributed by atoms with E-state index >= 15 is 0 Å². The van der Waals surface area contributed by atoms with E-state index < -0.39 is 5.97 Å². The molecule has 7 nitrogen and oxygen atoms in total. The predicted molar refractivity (Wildman–Crippen MR) is 118 cm³/mol. The summed E-state index contributed by atoms with van der Waals surface area (Å²) < 4.78 is 1.82. The summed E-state index contributed by atoms with van der Waals surface area (Å²) in [4.78, 5) is 23.4. The van der Waals surface area contributed by atoms with Gasteiger partial charge in [-0.25, -0.2) is 4.79 Å². The molecule has 1 aromatic heterocycles. The highest BCUT2D eigenvalue weighted by Gasteiger charge is 2.16. The molecule has 0 fully saturated rings. The molecule has 0 saturated carbocycles. The molecule has 3 aromatic rings. The minimum Gasteiger partial charge on any atom is -0.478 e. The Morgan fingerprint density at radius 1 is 1.17 bits per heavy atom. The number of thioether (sulfide) groups is 1. The van der Waals surface area contributed by atoms with E-state index in [0.717, 1.165) is 5.56 Å². The second-order valence-electron chi connectivity index (χ2n) is 6.06. The minimum atomic E-state index is -1.06. The van der Waals surface area contributed by atoms with Crippen LogP contribution in [0.15, 0.2) is 60.3 Å². The number of aromatic nitrogens is 3. The number of halogens is 2. The standard InChI is InChI=1S/C20H16Cl2N4O3S/c1-2-8-26-18(12-6-7-15(21)16(22)10-12)24-25-20(26)30-11-17(27)23-14-5-3-4-13(9-14)19(28)29/h2-7,9-10H,1,8,11H2,(H,23,27)(H,28,29). The third kappa shape index (κ3) is 5.21. The molecule has 0 aliphatic heterocycles. The molecule has 0 radical (unpaired) electrons. The Morgan fingerprint density at radius 3 is 2.67 bits per heavy atom. The fourth-order valence-corrected chi connectivity index (χ4v) is 3.64. The van der Waals surface area contributed by atoms with Crippen molar-refractivity contribution < 1.29 is 14.7 Å². The molecule has 10 heteroatoms. The van der Waals surface area contributed by atoms with Gasteiger partial charge in [-0.1, -0.05) is 47.1 Å². The largest absolute Gasteiger partial charge is 0.478 e. The Bertz CT molecular complexity index is 1120. The van der Waals surface area contributed by atoms with Gasteiger partial charge >= 0.3 is 5.97 Å². The zero-order chi connectivity index (χ0) is 21.7. The zero-order valence-electron chi connectivity index (χ0n) is 15.5. The van der Waals surface area contributed by atoms with E-state index in [0.29, 0.717) is 33.3 Å². The summed E-state index contributed by atoms with van der Waals surface area (Å²) in [7, 11) is 0. The monoisotopic (exact) mass is 462 g/mol. The van der Waals surface area contributed by atoms with Gasteiger partial charge < -0.3 is 10.4 Å². The van der Waals surface area contributed by atoms with Crippen LogP contribution in [0.3, 0.4) is 0 Å². The second-order valence-corrected chi connectivity index (χ2v) is 7.81. The number of nitrogens with zero attached hydrogens (tertiary/aromatic N) is 3. The van der Waals surface area contributed by atoms with E-state index in [1.807, 2.05) is 4.57 Å². The number of benzene rings is 2. The van der Waals surface area contributed by atoms with Gasteiger partial charge in [0.15, 0.2) is 11.0 Å². The third-order valence-corrected chi connectivity index (χ3v) is 5.64. The van der Waals surface area contributed by atoms with Crippen LogP contribution in [0.4, 0.5) is 5.69 Å². The van der Waals surface area contributed by atoms with E-state index in [9.17, 15) is 9.59 Å². The first-order valence-corrected chi connectivity index (χ1v) is 10.4. The van der Waals surface area contributed by atoms with Gasteiger partial charge in [0.05, 0.1) is 21.4 Å². The van der Waals surface area contributed by atoms with Crippen molar-refractivity contribution in [2.24, 2.45) is 0 Å². The molecule has 3 rings (SSSR count). The average molecular weight is 463 g/mol. The van der Waals surface area contributed by atoms with Crippen molar-refractivity contribution >= 4 is 52.5 Å². The molecule has 0 bridgehead atoms. The SMILES string of the molecule is C=CCn1c(SCC(=O)Nc2cccc(C(=O)O)c2)nnc1-c1ccc(Cl)c(Cl)c1. The summed E-state index contributed by atoms with van der Waals surface area (Å²) >= 11 is 13.3. The first kappa shape index (κ1) is 21.9.